The lowest BCUT2D eigenvalue weighted by molar-refractivity contribution is -0.284. The van der Waals surface area contributed by atoms with Gasteiger partial charge in [-0.25, -0.2) is 0 Å². The Balaban J connectivity index is 3.11. The van der Waals surface area contributed by atoms with Crippen LogP contribution in [0.5, 0.6) is 0 Å². The molecular weight excluding hydrogens is 305 g/mol. The van der Waals surface area contributed by atoms with Gasteiger partial charge < -0.3 is 0 Å². The number of benzene rings is 1. The van der Waals surface area contributed by atoms with Crippen LogP contribution in [0.2, 0.25) is 5.02 Å². The van der Waals surface area contributed by atoms with Crippen molar-refractivity contribution in [2.45, 2.75) is 17.7 Å². The van der Waals surface area contributed by atoms with Crippen molar-refractivity contribution in [1.29, 1.82) is 0 Å². The third kappa shape index (κ3) is 3.68. The average molecular weight is 311 g/mol. The highest BCUT2D eigenvalue weighted by Gasteiger charge is 2.60. The molecule has 0 saturated heterocycles. The second-order valence-corrected chi connectivity index (χ2v) is 4.42. The highest BCUT2D eigenvalue weighted by Crippen LogP contribution is 2.49. The molecule has 0 fully saturated rings. The number of hydrogen-bond acceptors (Lipinski definition) is 0. The molecule has 0 spiro atoms. The van der Waals surface area contributed by atoms with Crippen LogP contribution in [-0.2, 0) is 0 Å². The van der Waals surface area contributed by atoms with E-state index in [1.54, 1.807) is 0 Å². The van der Waals surface area contributed by atoms with Gasteiger partial charge >= 0.3 is 12.4 Å². The fraction of sp³-hybridized carbons (Fsp3) is 0.400. The minimum Gasteiger partial charge on any atom is -0.170 e. The SMILES string of the molecule is FC(F)(F)C(C(Cl)c1ccc(Cl)cc1)C(F)(F)F. The monoisotopic (exact) mass is 310 g/mol. The van der Waals surface area contributed by atoms with E-state index in [1.807, 2.05) is 0 Å². The third-order valence-corrected chi connectivity index (χ3v) is 2.94. The van der Waals surface area contributed by atoms with Crippen molar-refractivity contribution in [3.63, 3.8) is 0 Å². The number of alkyl halides is 7. The van der Waals surface area contributed by atoms with E-state index in [4.69, 9.17) is 23.2 Å². The van der Waals surface area contributed by atoms with Crippen molar-refractivity contribution < 1.29 is 26.3 Å². The van der Waals surface area contributed by atoms with Crippen LogP contribution in [0.3, 0.4) is 0 Å². The molecule has 102 valence electrons. The lowest BCUT2D eigenvalue weighted by Crippen LogP contribution is -2.39. The highest BCUT2D eigenvalue weighted by molar-refractivity contribution is 6.30. The van der Waals surface area contributed by atoms with E-state index in [0.717, 1.165) is 12.1 Å². The van der Waals surface area contributed by atoms with Gasteiger partial charge in [-0.3, -0.25) is 0 Å². The van der Waals surface area contributed by atoms with Crippen LogP contribution in [-0.4, -0.2) is 12.4 Å². The molecule has 0 bridgehead atoms. The maximum Gasteiger partial charge on any atom is 0.402 e. The predicted octanol–water partition coefficient (Wildman–Crippen LogP) is 5.36. The summed E-state index contributed by atoms with van der Waals surface area (Å²) in [7, 11) is 0. The summed E-state index contributed by atoms with van der Waals surface area (Å²) in [6.07, 6.45) is -10.9. The quantitative estimate of drug-likeness (QED) is 0.509. The topological polar surface area (TPSA) is 0 Å². The Hall–Kier alpha value is -0.620. The van der Waals surface area contributed by atoms with Crippen molar-refractivity contribution in [3.05, 3.63) is 34.9 Å². The number of halogens is 8. The predicted molar refractivity (Wildman–Crippen MR) is 55.6 cm³/mol. The standard InChI is InChI=1S/C10H6Cl2F6/c11-6-3-1-5(2-4-6)7(12)8(9(13,14)15)10(16,17)18/h1-4,7-8H. The Bertz CT molecular complexity index is 380. The Morgan fingerprint density at radius 1 is 0.833 bits per heavy atom. The molecule has 1 rings (SSSR count). The molecule has 0 radical (unpaired) electrons. The highest BCUT2D eigenvalue weighted by atomic mass is 35.5. The Labute approximate surface area is 108 Å². The molecule has 0 saturated carbocycles. The maximum absolute atomic E-state index is 12.4. The van der Waals surface area contributed by atoms with Gasteiger partial charge in [0.05, 0.1) is 5.38 Å². The fourth-order valence-corrected chi connectivity index (χ4v) is 1.91. The average Bonchev–Trinajstić information content (AvgIpc) is 2.13. The molecule has 8 heteroatoms. The van der Waals surface area contributed by atoms with Crippen molar-refractivity contribution >= 4 is 23.2 Å². The van der Waals surface area contributed by atoms with Gasteiger partial charge in [-0.2, -0.15) is 26.3 Å². The Morgan fingerprint density at radius 3 is 1.56 bits per heavy atom. The molecule has 1 aromatic carbocycles. The number of hydrogen-bond donors (Lipinski definition) is 0. The molecule has 0 amide bonds. The van der Waals surface area contributed by atoms with Gasteiger partial charge in [-0.15, -0.1) is 11.6 Å². The van der Waals surface area contributed by atoms with Gasteiger partial charge in [0.15, 0.2) is 5.92 Å². The molecule has 18 heavy (non-hydrogen) atoms. The van der Waals surface area contributed by atoms with Crippen molar-refractivity contribution in [1.82, 2.24) is 0 Å². The molecule has 0 aliphatic heterocycles. The molecule has 0 aliphatic carbocycles. The summed E-state index contributed by atoms with van der Waals surface area (Å²) in [5, 5.41) is -2.06. The van der Waals surface area contributed by atoms with E-state index in [1.165, 1.54) is 12.1 Å². The van der Waals surface area contributed by atoms with Crippen LogP contribution in [0.1, 0.15) is 10.9 Å². The van der Waals surface area contributed by atoms with E-state index in [0.29, 0.717) is 0 Å². The van der Waals surface area contributed by atoms with Gasteiger partial charge in [-0.05, 0) is 17.7 Å². The normalized spacial score (nSPS) is 14.9. The van der Waals surface area contributed by atoms with Gasteiger partial charge in [0, 0.05) is 5.02 Å². The minimum atomic E-state index is -5.47. The first kappa shape index (κ1) is 15.4. The van der Waals surface area contributed by atoms with Crippen LogP contribution in [0.4, 0.5) is 26.3 Å². The van der Waals surface area contributed by atoms with Crippen molar-refractivity contribution in [2.75, 3.05) is 0 Å². The Kier molecular flexibility index (Phi) is 4.43. The largest absolute Gasteiger partial charge is 0.402 e. The molecule has 1 atom stereocenters. The molecule has 0 N–H and O–H groups in total. The van der Waals surface area contributed by atoms with Crippen LogP contribution in [0.25, 0.3) is 0 Å². The van der Waals surface area contributed by atoms with Gasteiger partial charge in [0.25, 0.3) is 0 Å². The van der Waals surface area contributed by atoms with E-state index < -0.39 is 23.6 Å². The molecule has 0 nitrogen and oxygen atoms in total. The fourth-order valence-electron chi connectivity index (χ4n) is 1.36. The smallest absolute Gasteiger partial charge is 0.170 e. The lowest BCUT2D eigenvalue weighted by Gasteiger charge is -2.27. The van der Waals surface area contributed by atoms with Gasteiger partial charge in [0.2, 0.25) is 0 Å². The van der Waals surface area contributed by atoms with Crippen LogP contribution in [0, 0.1) is 5.92 Å². The maximum atomic E-state index is 12.4. The summed E-state index contributed by atoms with van der Waals surface area (Å²) in [6, 6.07) is 4.42. The van der Waals surface area contributed by atoms with E-state index in [9.17, 15) is 26.3 Å². The first-order valence-electron chi connectivity index (χ1n) is 4.56. The second kappa shape index (κ2) is 5.17. The van der Waals surface area contributed by atoms with Crippen molar-refractivity contribution in [2.24, 2.45) is 5.92 Å². The van der Waals surface area contributed by atoms with Crippen LogP contribution >= 0.6 is 23.2 Å². The molecular formula is C10H6Cl2F6. The zero-order valence-electron chi connectivity index (χ0n) is 8.49. The molecule has 0 heterocycles. The Morgan fingerprint density at radius 2 is 1.22 bits per heavy atom. The second-order valence-electron chi connectivity index (χ2n) is 3.51. The van der Waals surface area contributed by atoms with Crippen molar-refractivity contribution in [3.8, 4) is 0 Å². The van der Waals surface area contributed by atoms with Crippen LogP contribution in [0.15, 0.2) is 24.3 Å². The first-order chi connectivity index (χ1) is 8.03. The zero-order chi connectivity index (χ0) is 14.1. The third-order valence-electron chi connectivity index (χ3n) is 2.19. The zero-order valence-corrected chi connectivity index (χ0v) is 10.00. The molecule has 0 aliphatic rings. The lowest BCUT2D eigenvalue weighted by atomic mass is 9.97. The number of rotatable bonds is 2. The van der Waals surface area contributed by atoms with E-state index in [2.05, 4.69) is 0 Å². The first-order valence-corrected chi connectivity index (χ1v) is 5.38. The molecule has 0 aromatic heterocycles. The summed E-state index contributed by atoms with van der Waals surface area (Å²) in [5.74, 6) is -3.62. The van der Waals surface area contributed by atoms with Gasteiger partial charge in [0.1, 0.15) is 0 Å². The van der Waals surface area contributed by atoms with E-state index >= 15 is 0 Å². The molecule has 1 unspecified atom stereocenters. The summed E-state index contributed by atoms with van der Waals surface area (Å²) >= 11 is 10.8. The van der Waals surface area contributed by atoms with Gasteiger partial charge in [-0.1, -0.05) is 23.7 Å². The van der Waals surface area contributed by atoms with E-state index in [-0.39, 0.29) is 10.6 Å². The summed E-state index contributed by atoms with van der Waals surface area (Å²) < 4.78 is 74.4. The molecule has 1 aromatic rings. The van der Waals surface area contributed by atoms with Crippen LogP contribution < -0.4 is 0 Å². The summed E-state index contributed by atoms with van der Waals surface area (Å²) in [6.45, 7) is 0. The summed E-state index contributed by atoms with van der Waals surface area (Å²) in [5.41, 5.74) is -0.291. The minimum absolute atomic E-state index is 0.193. The summed E-state index contributed by atoms with van der Waals surface area (Å²) in [4.78, 5) is 0.